The molecule has 1 heterocycles. The number of amides is 1. The van der Waals surface area contributed by atoms with E-state index >= 15 is 0 Å². The van der Waals surface area contributed by atoms with Crippen LogP contribution >= 0.6 is 0 Å². The van der Waals surface area contributed by atoms with E-state index in [1.807, 2.05) is 24.3 Å². The molecule has 2 aliphatic carbocycles. The SMILES string of the molecule is CC(=O)NC1CC2(C1)CC(c1n[nH]c(=O)c3ccccc13)C2. The minimum absolute atomic E-state index is 0.0593. The van der Waals surface area contributed by atoms with Crippen molar-refractivity contribution in [2.75, 3.05) is 0 Å². The third kappa shape index (κ3) is 2.03. The number of benzene rings is 1. The molecule has 5 nitrogen and oxygen atoms in total. The minimum Gasteiger partial charge on any atom is -0.354 e. The van der Waals surface area contributed by atoms with Gasteiger partial charge in [-0.1, -0.05) is 18.2 Å². The molecule has 2 N–H and O–H groups in total. The number of H-pyrrole nitrogens is 1. The number of hydrogen-bond donors (Lipinski definition) is 2. The Morgan fingerprint density at radius 1 is 1.23 bits per heavy atom. The highest BCUT2D eigenvalue weighted by Crippen LogP contribution is 2.62. The molecule has 0 aliphatic heterocycles. The Labute approximate surface area is 128 Å². The molecule has 2 aliphatic rings. The van der Waals surface area contributed by atoms with Gasteiger partial charge in [0, 0.05) is 24.3 Å². The van der Waals surface area contributed by atoms with Gasteiger partial charge >= 0.3 is 0 Å². The second-order valence-corrected chi connectivity index (χ2v) is 6.89. The molecule has 1 amide bonds. The van der Waals surface area contributed by atoms with Gasteiger partial charge in [-0.05, 0) is 37.2 Å². The van der Waals surface area contributed by atoms with Gasteiger partial charge in [-0.25, -0.2) is 5.10 Å². The van der Waals surface area contributed by atoms with E-state index in [-0.39, 0.29) is 11.5 Å². The Morgan fingerprint density at radius 2 is 1.91 bits per heavy atom. The Hall–Kier alpha value is -2.17. The lowest BCUT2D eigenvalue weighted by molar-refractivity contribution is -0.122. The van der Waals surface area contributed by atoms with Crippen LogP contribution in [0.5, 0.6) is 0 Å². The molecule has 2 aromatic rings. The van der Waals surface area contributed by atoms with Crippen LogP contribution in [0.15, 0.2) is 29.1 Å². The number of carbonyl (C=O) groups is 1. The fourth-order valence-corrected chi connectivity index (χ4v) is 4.33. The smallest absolute Gasteiger partial charge is 0.272 e. The van der Waals surface area contributed by atoms with Gasteiger partial charge in [-0.3, -0.25) is 9.59 Å². The van der Waals surface area contributed by atoms with Gasteiger partial charge in [0.1, 0.15) is 0 Å². The van der Waals surface area contributed by atoms with E-state index in [9.17, 15) is 9.59 Å². The molecule has 0 radical (unpaired) electrons. The van der Waals surface area contributed by atoms with Crippen LogP contribution in [0.1, 0.15) is 44.2 Å². The monoisotopic (exact) mass is 297 g/mol. The lowest BCUT2D eigenvalue weighted by Crippen LogP contribution is -2.55. The van der Waals surface area contributed by atoms with Gasteiger partial charge in [0.05, 0.1) is 11.1 Å². The highest BCUT2D eigenvalue weighted by atomic mass is 16.1. The van der Waals surface area contributed by atoms with Crippen molar-refractivity contribution in [1.29, 1.82) is 0 Å². The van der Waals surface area contributed by atoms with E-state index in [0.717, 1.165) is 42.1 Å². The third-order valence-corrected chi connectivity index (χ3v) is 5.24. The summed E-state index contributed by atoms with van der Waals surface area (Å²) in [5, 5.41) is 11.6. The standard InChI is InChI=1S/C17H19N3O2/c1-10(21)18-12-8-17(9-12)6-11(7-17)15-13-4-2-3-5-14(13)16(22)20-19-15/h2-5,11-12H,6-9H2,1H3,(H,18,21)(H,20,22). The number of nitrogens with one attached hydrogen (secondary N) is 2. The molecule has 114 valence electrons. The number of aromatic amines is 1. The van der Waals surface area contributed by atoms with Gasteiger partial charge in [0.2, 0.25) is 5.91 Å². The second-order valence-electron chi connectivity index (χ2n) is 6.89. The highest BCUT2D eigenvalue weighted by Gasteiger charge is 2.53. The van der Waals surface area contributed by atoms with Crippen molar-refractivity contribution in [3.05, 3.63) is 40.3 Å². The molecular weight excluding hydrogens is 278 g/mol. The second kappa shape index (κ2) is 4.66. The van der Waals surface area contributed by atoms with Crippen LogP contribution in [0.4, 0.5) is 0 Å². The molecule has 0 unspecified atom stereocenters. The van der Waals surface area contributed by atoms with Crippen molar-refractivity contribution < 1.29 is 4.79 Å². The Morgan fingerprint density at radius 3 is 2.59 bits per heavy atom. The Kier molecular flexibility index (Phi) is 2.86. The molecule has 4 rings (SSSR count). The van der Waals surface area contributed by atoms with E-state index in [4.69, 9.17) is 0 Å². The van der Waals surface area contributed by atoms with Gasteiger partial charge in [0.15, 0.2) is 0 Å². The van der Waals surface area contributed by atoms with Crippen LogP contribution in [0.25, 0.3) is 10.8 Å². The summed E-state index contributed by atoms with van der Waals surface area (Å²) >= 11 is 0. The summed E-state index contributed by atoms with van der Waals surface area (Å²) in [5.41, 5.74) is 1.28. The van der Waals surface area contributed by atoms with Crippen molar-refractivity contribution >= 4 is 16.7 Å². The number of nitrogens with zero attached hydrogens (tertiary/aromatic N) is 1. The highest BCUT2D eigenvalue weighted by molar-refractivity contribution is 5.84. The van der Waals surface area contributed by atoms with E-state index in [0.29, 0.717) is 17.4 Å². The van der Waals surface area contributed by atoms with Crippen LogP contribution in [0.2, 0.25) is 0 Å². The maximum atomic E-state index is 11.8. The molecule has 2 saturated carbocycles. The lowest BCUT2D eigenvalue weighted by atomic mass is 9.49. The predicted octanol–water partition coefficient (Wildman–Crippen LogP) is 2.09. The fourth-order valence-electron chi connectivity index (χ4n) is 4.33. The number of hydrogen-bond acceptors (Lipinski definition) is 3. The van der Waals surface area contributed by atoms with Gasteiger partial charge < -0.3 is 5.32 Å². The zero-order valence-electron chi connectivity index (χ0n) is 12.6. The molecular formula is C17H19N3O2. The topological polar surface area (TPSA) is 74.8 Å². The minimum atomic E-state index is -0.122. The maximum Gasteiger partial charge on any atom is 0.272 e. The quantitative estimate of drug-likeness (QED) is 0.891. The van der Waals surface area contributed by atoms with Crippen molar-refractivity contribution in [3.8, 4) is 0 Å². The van der Waals surface area contributed by atoms with Crippen molar-refractivity contribution in [2.24, 2.45) is 5.41 Å². The van der Waals surface area contributed by atoms with Crippen LogP contribution in [-0.2, 0) is 4.79 Å². The summed E-state index contributed by atoms with van der Waals surface area (Å²) in [6.07, 6.45) is 4.35. The zero-order chi connectivity index (χ0) is 15.3. The summed E-state index contributed by atoms with van der Waals surface area (Å²) in [6.45, 7) is 1.57. The first-order valence-corrected chi connectivity index (χ1v) is 7.81. The molecule has 2 fully saturated rings. The van der Waals surface area contributed by atoms with Crippen molar-refractivity contribution in [2.45, 2.75) is 44.6 Å². The average molecular weight is 297 g/mol. The molecule has 0 bridgehead atoms. The summed E-state index contributed by atoms with van der Waals surface area (Å²) in [4.78, 5) is 22.9. The molecule has 0 atom stereocenters. The van der Waals surface area contributed by atoms with Crippen LogP contribution in [0, 0.1) is 5.41 Å². The number of carbonyl (C=O) groups excluding carboxylic acids is 1. The Balaban J connectivity index is 1.52. The Bertz CT molecular complexity index is 797. The van der Waals surface area contributed by atoms with E-state index in [1.165, 1.54) is 0 Å². The summed E-state index contributed by atoms with van der Waals surface area (Å²) in [5.74, 6) is 0.476. The first-order chi connectivity index (χ1) is 10.6. The summed E-state index contributed by atoms with van der Waals surface area (Å²) in [7, 11) is 0. The largest absolute Gasteiger partial charge is 0.354 e. The molecule has 1 aromatic carbocycles. The number of aromatic nitrogens is 2. The van der Waals surface area contributed by atoms with Crippen LogP contribution < -0.4 is 10.9 Å². The van der Waals surface area contributed by atoms with E-state index < -0.39 is 0 Å². The van der Waals surface area contributed by atoms with Gasteiger partial charge in [-0.2, -0.15) is 5.10 Å². The zero-order valence-corrected chi connectivity index (χ0v) is 12.6. The molecule has 22 heavy (non-hydrogen) atoms. The van der Waals surface area contributed by atoms with Crippen molar-refractivity contribution in [1.82, 2.24) is 15.5 Å². The van der Waals surface area contributed by atoms with Crippen LogP contribution in [0.3, 0.4) is 0 Å². The third-order valence-electron chi connectivity index (χ3n) is 5.24. The first kappa shape index (κ1) is 13.5. The number of rotatable bonds is 2. The van der Waals surface area contributed by atoms with Gasteiger partial charge in [-0.15, -0.1) is 0 Å². The lowest BCUT2D eigenvalue weighted by Gasteiger charge is -2.57. The predicted molar refractivity (Wildman–Crippen MR) is 83.6 cm³/mol. The number of fused-ring (bicyclic) bond motifs is 1. The molecule has 1 aromatic heterocycles. The molecule has 1 spiro atoms. The van der Waals surface area contributed by atoms with E-state index in [2.05, 4.69) is 15.5 Å². The maximum absolute atomic E-state index is 11.8. The summed E-state index contributed by atoms with van der Waals surface area (Å²) < 4.78 is 0. The normalized spacial score (nSPS) is 29.9. The van der Waals surface area contributed by atoms with Crippen molar-refractivity contribution in [3.63, 3.8) is 0 Å². The van der Waals surface area contributed by atoms with Gasteiger partial charge in [0.25, 0.3) is 5.56 Å². The molecule has 0 saturated heterocycles. The first-order valence-electron chi connectivity index (χ1n) is 7.81. The summed E-state index contributed by atoms with van der Waals surface area (Å²) in [6, 6.07) is 8.02. The average Bonchev–Trinajstić information content (AvgIpc) is 2.41. The van der Waals surface area contributed by atoms with Crippen LogP contribution in [-0.4, -0.2) is 22.1 Å². The molecule has 5 heteroatoms. The fraction of sp³-hybridized carbons (Fsp3) is 0.471. The van der Waals surface area contributed by atoms with E-state index in [1.54, 1.807) is 6.92 Å².